The van der Waals surface area contributed by atoms with Crippen LogP contribution in [0.3, 0.4) is 0 Å². The molecule has 0 radical (unpaired) electrons. The van der Waals surface area contributed by atoms with Crippen molar-refractivity contribution < 1.29 is 4.63 Å². The molecule has 0 aliphatic carbocycles. The Kier molecular flexibility index (Phi) is 0.764. The van der Waals surface area contributed by atoms with E-state index in [0.29, 0.717) is 4.80 Å². The molecule has 1 aromatic rings. The molecular formula is CH3N4O3-3. The van der Waals surface area contributed by atoms with E-state index >= 15 is 0 Å². The molecule has 0 atom stereocenters. The van der Waals surface area contributed by atoms with Crippen molar-refractivity contribution >= 4 is 0 Å². The normalized spacial score (nSPS) is 9.62. The monoisotopic (exact) mass is 119 g/mol. The smallest absolute Gasteiger partial charge is 0.0110 e. The molecule has 0 aliphatic heterocycles. The van der Waals surface area contributed by atoms with Gasteiger partial charge in [-0.25, -0.2) is 5.02 Å². The van der Waals surface area contributed by atoms with Crippen LogP contribution < -0.4 is 5.21 Å². The fourth-order valence-electron chi connectivity index (χ4n) is 0.267. The molecule has 48 valence electrons. The predicted molar refractivity (Wildman–Crippen MR) is 22.1 cm³/mol. The Morgan fingerprint density at radius 1 is 1.50 bits per heavy atom. The Morgan fingerprint density at radius 2 is 2.12 bits per heavy atom. The molecule has 7 heteroatoms. The third-order valence-corrected chi connectivity index (χ3v) is 0.578. The van der Waals surface area contributed by atoms with Crippen LogP contribution >= 0.6 is 0 Å². The van der Waals surface area contributed by atoms with Gasteiger partial charge in [-0.3, -0.25) is 10.2 Å². The van der Waals surface area contributed by atoms with Gasteiger partial charge in [-0.2, -0.15) is 0 Å². The lowest BCUT2D eigenvalue weighted by Crippen LogP contribution is -2.05. The van der Waals surface area contributed by atoms with Gasteiger partial charge in [-0.15, -0.1) is 0 Å². The van der Waals surface area contributed by atoms with E-state index in [1.807, 2.05) is 0 Å². The summed E-state index contributed by atoms with van der Waals surface area (Å²) in [6, 6.07) is 0. The fraction of sp³-hybridized carbons (Fsp3) is 1.00. The van der Waals surface area contributed by atoms with Crippen LogP contribution in [0.15, 0.2) is 4.63 Å². The molecule has 0 saturated heterocycles. The van der Waals surface area contributed by atoms with Gasteiger partial charge in [0, 0.05) is 7.05 Å². The maximum atomic E-state index is 10.1. The number of hydrogen-bond acceptors (Lipinski definition) is 3. The first-order chi connectivity index (χ1) is 3.70. The largest absolute Gasteiger partial charge is 0.553 e. The average Bonchev–Trinajstić information content (AvgIpc) is 1.85. The van der Waals surface area contributed by atoms with E-state index in [1.165, 1.54) is 7.05 Å². The SMILES string of the molecule is Cn1[n-]n([O-])on1[O-]. The highest BCUT2D eigenvalue weighted by molar-refractivity contribution is 4.32. The van der Waals surface area contributed by atoms with Gasteiger partial charge in [0.15, 0.2) is 0 Å². The van der Waals surface area contributed by atoms with Crippen molar-refractivity contribution in [3.63, 3.8) is 0 Å². The minimum absolute atomic E-state index is 0.0486. The summed E-state index contributed by atoms with van der Waals surface area (Å²) in [7, 11) is 1.28. The van der Waals surface area contributed by atoms with Crippen LogP contribution in [0.5, 0.6) is 0 Å². The molecule has 0 aromatic carbocycles. The molecule has 0 aliphatic rings. The first-order valence-electron chi connectivity index (χ1n) is 1.78. The summed E-state index contributed by atoms with van der Waals surface area (Å²) in [6.07, 6.45) is 0. The molecule has 0 spiro atoms. The molecule has 0 saturated carbocycles. The van der Waals surface area contributed by atoms with Crippen molar-refractivity contribution in [1.29, 1.82) is 0 Å². The van der Waals surface area contributed by atoms with Crippen molar-refractivity contribution in [3.05, 3.63) is 10.4 Å². The Bertz CT molecular complexity index is 174. The molecule has 0 unspecified atom stereocenters. The molecule has 1 aromatic heterocycles. The predicted octanol–water partition coefficient (Wildman–Crippen LogP) is -1.01. The lowest BCUT2D eigenvalue weighted by molar-refractivity contribution is 0.167. The van der Waals surface area contributed by atoms with Crippen LogP contribution in [0.25, 0.3) is 0 Å². The topological polar surface area (TPSA) is 88.2 Å². The number of aryl methyl sites for hydroxylation is 1. The Labute approximate surface area is 43.4 Å². The third-order valence-electron chi connectivity index (χ3n) is 0.578. The Morgan fingerprint density at radius 3 is 2.25 bits per heavy atom. The summed E-state index contributed by atoms with van der Waals surface area (Å²) in [4.78, 5) is 0.715. The summed E-state index contributed by atoms with van der Waals surface area (Å²) < 4.78 is 3.79. The number of nitrogens with zero attached hydrogens (tertiary/aromatic N) is 4. The molecule has 0 N–H and O–H groups in total. The lowest BCUT2D eigenvalue weighted by Gasteiger charge is -2.10. The van der Waals surface area contributed by atoms with Crippen LogP contribution in [0.1, 0.15) is 0 Å². The van der Waals surface area contributed by atoms with Gasteiger partial charge >= 0.3 is 0 Å². The summed E-state index contributed by atoms with van der Waals surface area (Å²) in [6.45, 7) is 0. The van der Waals surface area contributed by atoms with E-state index in [1.54, 1.807) is 0 Å². The molecule has 0 amide bonds. The number of aromatic nitrogens is 4. The van der Waals surface area contributed by atoms with E-state index < -0.39 is 0 Å². The second-order valence-electron chi connectivity index (χ2n) is 1.14. The standard InChI is InChI=1S/CH3N4O3/c1-3-2-4(6)8-5(3)7/h1H3/q-3. The van der Waals surface area contributed by atoms with E-state index in [0.717, 1.165) is 0 Å². The zero-order valence-electron chi connectivity index (χ0n) is 4.01. The lowest BCUT2D eigenvalue weighted by atomic mass is 11.5. The summed E-state index contributed by atoms with van der Waals surface area (Å²) in [5.74, 6) is 0. The van der Waals surface area contributed by atoms with E-state index in [-0.39, 0.29) is 10.0 Å². The second kappa shape index (κ2) is 1.29. The molecule has 0 fully saturated rings. The number of rotatable bonds is 0. The van der Waals surface area contributed by atoms with Gasteiger partial charge in [-0.1, -0.05) is 0 Å². The second-order valence-corrected chi connectivity index (χ2v) is 1.14. The molecule has 1 heterocycles. The van der Waals surface area contributed by atoms with Gasteiger partial charge in [0.25, 0.3) is 0 Å². The van der Waals surface area contributed by atoms with Gasteiger partial charge in [0.05, 0.1) is 0 Å². The van der Waals surface area contributed by atoms with Crippen LogP contribution in [0, 0.1) is 10.4 Å². The first kappa shape index (κ1) is 4.75. The maximum absolute atomic E-state index is 10.1. The quantitative estimate of drug-likeness (QED) is 0.437. The fourth-order valence-corrected chi connectivity index (χ4v) is 0.267. The van der Waals surface area contributed by atoms with E-state index in [9.17, 15) is 10.4 Å². The van der Waals surface area contributed by atoms with Gasteiger partial charge in [0.2, 0.25) is 0 Å². The van der Waals surface area contributed by atoms with Crippen molar-refractivity contribution in [2.75, 3.05) is 0 Å². The average molecular weight is 119 g/mol. The van der Waals surface area contributed by atoms with Crippen molar-refractivity contribution in [2.45, 2.75) is 0 Å². The zero-order valence-corrected chi connectivity index (χ0v) is 4.01. The summed E-state index contributed by atoms with van der Waals surface area (Å²) >= 11 is 0. The molecule has 8 heavy (non-hydrogen) atoms. The highest BCUT2D eigenvalue weighted by Crippen LogP contribution is 1.75. The van der Waals surface area contributed by atoms with E-state index in [4.69, 9.17) is 0 Å². The molecule has 7 nitrogen and oxygen atoms in total. The van der Waals surface area contributed by atoms with Crippen molar-refractivity contribution in [1.82, 2.24) is 20.0 Å². The summed E-state index contributed by atoms with van der Waals surface area (Å²) in [5.41, 5.74) is 0. The molecule has 0 bridgehead atoms. The van der Waals surface area contributed by atoms with Gasteiger partial charge in [0.1, 0.15) is 0 Å². The van der Waals surface area contributed by atoms with Crippen molar-refractivity contribution in [2.24, 2.45) is 7.05 Å². The summed E-state index contributed by atoms with van der Waals surface area (Å²) in [5, 5.41) is 22.7. The Hall–Kier alpha value is -1.40. The molecular weight excluding hydrogens is 116 g/mol. The van der Waals surface area contributed by atoms with Crippen molar-refractivity contribution in [3.8, 4) is 0 Å². The first-order valence-corrected chi connectivity index (χ1v) is 1.78. The van der Waals surface area contributed by atoms with Gasteiger partial charge in [-0.05, 0) is 0 Å². The minimum atomic E-state index is -0.188. The molecule has 1 rings (SSSR count). The van der Waals surface area contributed by atoms with Crippen LogP contribution in [0.4, 0.5) is 0 Å². The Balaban J connectivity index is 3.14. The zero-order chi connectivity index (χ0) is 6.15. The minimum Gasteiger partial charge on any atom is -0.553 e. The third kappa shape index (κ3) is 0.531. The van der Waals surface area contributed by atoms with Crippen LogP contribution in [0.2, 0.25) is 0 Å². The number of hydrogen-bond donors (Lipinski definition) is 0. The van der Waals surface area contributed by atoms with Crippen LogP contribution in [-0.2, 0) is 7.05 Å². The van der Waals surface area contributed by atoms with E-state index in [2.05, 4.69) is 9.84 Å². The van der Waals surface area contributed by atoms with Crippen LogP contribution in [-0.4, -0.2) is 14.8 Å². The van der Waals surface area contributed by atoms with Gasteiger partial charge < -0.3 is 19.8 Å². The highest BCUT2D eigenvalue weighted by Gasteiger charge is 1.66. The maximum Gasteiger partial charge on any atom is 0.0110 e. The highest BCUT2D eigenvalue weighted by atomic mass is 16.9.